The van der Waals surface area contributed by atoms with E-state index in [1.807, 2.05) is 25.1 Å². The molecule has 0 unspecified atom stereocenters. The van der Waals surface area contributed by atoms with Crippen molar-refractivity contribution in [1.29, 1.82) is 0 Å². The molecule has 16 heavy (non-hydrogen) atoms. The van der Waals surface area contributed by atoms with Gasteiger partial charge in [-0.25, -0.2) is 4.98 Å². The van der Waals surface area contributed by atoms with Crippen LogP contribution in [0.2, 0.25) is 0 Å². The third-order valence-corrected chi connectivity index (χ3v) is 2.29. The molecule has 2 rings (SSSR count). The highest BCUT2D eigenvalue weighted by Crippen LogP contribution is 2.28. The van der Waals surface area contributed by atoms with Gasteiger partial charge in [-0.2, -0.15) is 0 Å². The van der Waals surface area contributed by atoms with E-state index in [0.29, 0.717) is 11.6 Å². The number of anilines is 1. The number of aryl methyl sites for hydroxylation is 1. The van der Waals surface area contributed by atoms with Crippen LogP contribution in [-0.4, -0.2) is 17.1 Å². The van der Waals surface area contributed by atoms with Gasteiger partial charge in [0, 0.05) is 23.0 Å². The van der Waals surface area contributed by atoms with E-state index in [9.17, 15) is 0 Å². The van der Waals surface area contributed by atoms with Gasteiger partial charge in [0.15, 0.2) is 0 Å². The largest absolute Gasteiger partial charge is 0.481 e. The molecule has 4 nitrogen and oxygen atoms in total. The van der Waals surface area contributed by atoms with Crippen LogP contribution in [0, 0.1) is 6.92 Å². The lowest BCUT2D eigenvalue weighted by atomic mass is 10.1. The fraction of sp³-hybridized carbons (Fsp3) is 0.167. The van der Waals surface area contributed by atoms with Crippen LogP contribution in [0.15, 0.2) is 30.6 Å². The average Bonchev–Trinajstić information content (AvgIpc) is 2.30. The molecule has 82 valence electrons. The van der Waals surface area contributed by atoms with E-state index in [4.69, 9.17) is 10.5 Å². The molecule has 0 spiro atoms. The van der Waals surface area contributed by atoms with Crippen LogP contribution in [-0.2, 0) is 0 Å². The predicted octanol–water partition coefficient (Wildman–Crippen LogP) is 2.04. The molecule has 2 aromatic heterocycles. The molecule has 0 aliphatic rings. The Bertz CT molecular complexity index is 494. The second-order valence-corrected chi connectivity index (χ2v) is 3.51. The number of nitrogen functional groups attached to an aromatic ring is 1. The lowest BCUT2D eigenvalue weighted by Gasteiger charge is -2.08. The van der Waals surface area contributed by atoms with E-state index in [1.165, 1.54) is 0 Å². The summed E-state index contributed by atoms with van der Waals surface area (Å²) in [6.45, 7) is 1.94. The molecule has 0 fully saturated rings. The number of hydrogen-bond donors (Lipinski definition) is 1. The first-order chi connectivity index (χ1) is 7.70. The number of nitrogens with two attached hydrogens (primary N) is 1. The molecule has 2 N–H and O–H groups in total. The van der Waals surface area contributed by atoms with Crippen LogP contribution in [0.1, 0.15) is 5.69 Å². The summed E-state index contributed by atoms with van der Waals surface area (Å²) in [5.41, 5.74) is 9.09. The first-order valence-corrected chi connectivity index (χ1v) is 4.93. The summed E-state index contributed by atoms with van der Waals surface area (Å²) in [5, 5.41) is 0. The average molecular weight is 215 g/mol. The van der Waals surface area contributed by atoms with E-state index in [0.717, 1.165) is 16.8 Å². The fourth-order valence-electron chi connectivity index (χ4n) is 1.46. The Kier molecular flexibility index (Phi) is 2.72. The van der Waals surface area contributed by atoms with Crippen LogP contribution < -0.4 is 10.5 Å². The molecular weight excluding hydrogens is 202 g/mol. The molecule has 2 heterocycles. The normalized spacial score (nSPS) is 10.1. The second-order valence-electron chi connectivity index (χ2n) is 3.51. The van der Waals surface area contributed by atoms with Gasteiger partial charge in [0.2, 0.25) is 5.88 Å². The summed E-state index contributed by atoms with van der Waals surface area (Å²) in [5.74, 6) is 0.555. The van der Waals surface area contributed by atoms with E-state index < -0.39 is 0 Å². The number of methoxy groups -OCH3 is 1. The molecule has 2 aromatic rings. The number of aromatic nitrogens is 2. The van der Waals surface area contributed by atoms with Crippen LogP contribution in [0.5, 0.6) is 5.88 Å². The molecule has 0 aliphatic heterocycles. The van der Waals surface area contributed by atoms with Crippen molar-refractivity contribution in [3.05, 3.63) is 36.3 Å². The van der Waals surface area contributed by atoms with E-state index in [2.05, 4.69) is 9.97 Å². The summed E-state index contributed by atoms with van der Waals surface area (Å²) in [6.07, 6.45) is 3.36. The Morgan fingerprint density at radius 2 is 2.00 bits per heavy atom. The van der Waals surface area contributed by atoms with Crippen molar-refractivity contribution in [2.45, 2.75) is 6.92 Å². The molecule has 0 saturated carbocycles. The van der Waals surface area contributed by atoms with Crippen molar-refractivity contribution in [3.8, 4) is 17.0 Å². The smallest absolute Gasteiger partial charge is 0.221 e. The topological polar surface area (TPSA) is 61.0 Å². The first kappa shape index (κ1) is 10.4. The molecule has 0 radical (unpaired) electrons. The van der Waals surface area contributed by atoms with Gasteiger partial charge in [0.1, 0.15) is 0 Å². The summed E-state index contributed by atoms with van der Waals surface area (Å²) >= 11 is 0. The van der Waals surface area contributed by atoms with Crippen molar-refractivity contribution in [2.75, 3.05) is 12.8 Å². The summed E-state index contributed by atoms with van der Waals surface area (Å²) < 4.78 is 5.19. The molecule has 0 aromatic carbocycles. The lowest BCUT2D eigenvalue weighted by Crippen LogP contribution is -1.95. The highest BCUT2D eigenvalue weighted by molar-refractivity contribution is 5.70. The van der Waals surface area contributed by atoms with Crippen molar-refractivity contribution in [1.82, 2.24) is 9.97 Å². The van der Waals surface area contributed by atoms with Crippen LogP contribution in [0.4, 0.5) is 5.69 Å². The predicted molar refractivity (Wildman–Crippen MR) is 63.2 cm³/mol. The SMILES string of the molecule is COc1ncc(N)cc1-c1ccc(C)nc1. The summed E-state index contributed by atoms with van der Waals surface area (Å²) in [7, 11) is 1.59. The van der Waals surface area contributed by atoms with Gasteiger partial charge in [0.25, 0.3) is 0 Å². The monoisotopic (exact) mass is 215 g/mol. The first-order valence-electron chi connectivity index (χ1n) is 4.93. The van der Waals surface area contributed by atoms with E-state index >= 15 is 0 Å². The van der Waals surface area contributed by atoms with Crippen molar-refractivity contribution in [3.63, 3.8) is 0 Å². The number of hydrogen-bond acceptors (Lipinski definition) is 4. The zero-order chi connectivity index (χ0) is 11.5. The molecule has 0 atom stereocenters. The highest BCUT2D eigenvalue weighted by Gasteiger charge is 2.07. The van der Waals surface area contributed by atoms with Gasteiger partial charge in [0.05, 0.1) is 19.0 Å². The number of ether oxygens (including phenoxy) is 1. The van der Waals surface area contributed by atoms with E-state index in [-0.39, 0.29) is 0 Å². The maximum absolute atomic E-state index is 5.71. The van der Waals surface area contributed by atoms with Gasteiger partial charge >= 0.3 is 0 Å². The Morgan fingerprint density at radius 1 is 1.19 bits per heavy atom. The molecule has 0 aliphatic carbocycles. The number of nitrogens with zero attached hydrogens (tertiary/aromatic N) is 2. The molecule has 4 heteroatoms. The van der Waals surface area contributed by atoms with Crippen LogP contribution >= 0.6 is 0 Å². The van der Waals surface area contributed by atoms with Crippen molar-refractivity contribution >= 4 is 5.69 Å². The van der Waals surface area contributed by atoms with Crippen LogP contribution in [0.25, 0.3) is 11.1 Å². The zero-order valence-electron chi connectivity index (χ0n) is 9.27. The molecule has 0 bridgehead atoms. The number of rotatable bonds is 2. The maximum atomic E-state index is 5.71. The minimum atomic E-state index is 0.555. The number of pyridine rings is 2. The summed E-state index contributed by atoms with van der Waals surface area (Å²) in [6, 6.07) is 5.75. The van der Waals surface area contributed by atoms with Gasteiger partial charge in [-0.05, 0) is 19.1 Å². The van der Waals surface area contributed by atoms with Gasteiger partial charge in [-0.3, -0.25) is 4.98 Å². The maximum Gasteiger partial charge on any atom is 0.221 e. The van der Waals surface area contributed by atoms with Gasteiger partial charge in [-0.1, -0.05) is 6.07 Å². The molecule has 0 saturated heterocycles. The third kappa shape index (κ3) is 1.95. The van der Waals surface area contributed by atoms with Crippen LogP contribution in [0.3, 0.4) is 0 Å². The van der Waals surface area contributed by atoms with Gasteiger partial charge < -0.3 is 10.5 Å². The fourth-order valence-corrected chi connectivity index (χ4v) is 1.46. The Labute approximate surface area is 94.1 Å². The third-order valence-electron chi connectivity index (χ3n) is 2.29. The Hall–Kier alpha value is -2.10. The Balaban J connectivity index is 2.53. The summed E-state index contributed by atoms with van der Waals surface area (Å²) in [4.78, 5) is 8.36. The lowest BCUT2D eigenvalue weighted by molar-refractivity contribution is 0.400. The minimum absolute atomic E-state index is 0.555. The van der Waals surface area contributed by atoms with Crippen molar-refractivity contribution < 1.29 is 4.74 Å². The Morgan fingerprint density at radius 3 is 2.62 bits per heavy atom. The molecule has 0 amide bonds. The standard InChI is InChI=1S/C12H13N3O/c1-8-3-4-9(6-14-8)11-5-10(13)7-15-12(11)16-2/h3-7H,13H2,1-2H3. The van der Waals surface area contributed by atoms with Crippen molar-refractivity contribution in [2.24, 2.45) is 0 Å². The highest BCUT2D eigenvalue weighted by atomic mass is 16.5. The van der Waals surface area contributed by atoms with E-state index in [1.54, 1.807) is 19.5 Å². The minimum Gasteiger partial charge on any atom is -0.481 e. The zero-order valence-corrected chi connectivity index (χ0v) is 9.27. The quantitative estimate of drug-likeness (QED) is 0.832. The second kappa shape index (κ2) is 4.18. The van der Waals surface area contributed by atoms with Gasteiger partial charge in [-0.15, -0.1) is 0 Å². The molecular formula is C12H13N3O.